The Morgan fingerprint density at radius 1 is 1.54 bits per heavy atom. The molecule has 0 saturated carbocycles. The van der Waals surface area contributed by atoms with Gasteiger partial charge in [0.15, 0.2) is 0 Å². The van der Waals surface area contributed by atoms with E-state index in [-0.39, 0.29) is 41.4 Å². The van der Waals surface area contributed by atoms with E-state index in [1.807, 2.05) is 0 Å². The van der Waals surface area contributed by atoms with E-state index in [9.17, 15) is 13.0 Å². The standard InChI is InChI=1S/C6H13NO4S.Na/c8-12(9,10)4-1-6-5-7-2-3-11-6;/h6-7H,1-5H2,(H,8,9,10);/q;+1/p-1. The van der Waals surface area contributed by atoms with Crippen LogP contribution >= 0.6 is 0 Å². The van der Waals surface area contributed by atoms with E-state index < -0.39 is 10.1 Å². The van der Waals surface area contributed by atoms with Crippen molar-refractivity contribution >= 4 is 10.1 Å². The molecule has 0 spiro atoms. The van der Waals surface area contributed by atoms with Gasteiger partial charge in [0.2, 0.25) is 0 Å². The number of nitrogens with one attached hydrogen (secondary N) is 1. The van der Waals surface area contributed by atoms with Gasteiger partial charge >= 0.3 is 29.6 Å². The Labute approximate surface area is 100 Å². The molecule has 72 valence electrons. The summed E-state index contributed by atoms with van der Waals surface area (Å²) in [6, 6.07) is 0. The van der Waals surface area contributed by atoms with Crippen LogP contribution < -0.4 is 34.9 Å². The van der Waals surface area contributed by atoms with Gasteiger partial charge < -0.3 is 14.6 Å². The summed E-state index contributed by atoms with van der Waals surface area (Å²) in [7, 11) is -4.08. The first-order chi connectivity index (χ1) is 5.58. The Balaban J connectivity index is 0.00000144. The Morgan fingerprint density at radius 3 is 2.69 bits per heavy atom. The Hall–Kier alpha value is 0.830. The van der Waals surface area contributed by atoms with Gasteiger partial charge in [-0.15, -0.1) is 0 Å². The third kappa shape index (κ3) is 6.84. The average Bonchev–Trinajstić information content (AvgIpc) is 2.02. The Kier molecular flexibility index (Phi) is 6.74. The molecule has 1 N–H and O–H groups in total. The average molecular weight is 217 g/mol. The first kappa shape index (κ1) is 13.8. The molecule has 13 heavy (non-hydrogen) atoms. The van der Waals surface area contributed by atoms with Crippen molar-refractivity contribution in [2.75, 3.05) is 25.4 Å². The van der Waals surface area contributed by atoms with Crippen LogP contribution in [0.3, 0.4) is 0 Å². The zero-order chi connectivity index (χ0) is 9.03. The number of hydrogen-bond acceptors (Lipinski definition) is 5. The largest absolute Gasteiger partial charge is 1.00 e. The second-order valence-corrected chi connectivity index (χ2v) is 4.27. The third-order valence-corrected chi connectivity index (χ3v) is 2.43. The van der Waals surface area contributed by atoms with Crippen LogP contribution in [0.15, 0.2) is 0 Å². The summed E-state index contributed by atoms with van der Waals surface area (Å²) in [6.07, 6.45) is 0.168. The number of ether oxygens (including phenoxy) is 1. The fourth-order valence-electron chi connectivity index (χ4n) is 1.08. The zero-order valence-electron chi connectivity index (χ0n) is 7.65. The van der Waals surface area contributed by atoms with Crippen LogP contribution in [0.25, 0.3) is 0 Å². The molecule has 0 amide bonds. The second-order valence-electron chi connectivity index (χ2n) is 2.75. The van der Waals surface area contributed by atoms with Gasteiger partial charge in [-0.3, -0.25) is 0 Å². The Bertz CT molecular complexity index is 225. The zero-order valence-corrected chi connectivity index (χ0v) is 10.5. The molecule has 1 atom stereocenters. The molecule has 1 aliphatic rings. The predicted molar refractivity (Wildman–Crippen MR) is 41.8 cm³/mol. The number of hydrogen-bond donors (Lipinski definition) is 1. The first-order valence-corrected chi connectivity index (χ1v) is 5.41. The number of morpholine rings is 1. The van der Waals surface area contributed by atoms with Gasteiger partial charge in [0.05, 0.1) is 22.8 Å². The first-order valence-electron chi connectivity index (χ1n) is 3.84. The maximum Gasteiger partial charge on any atom is 1.00 e. The summed E-state index contributed by atoms with van der Waals surface area (Å²) in [5.74, 6) is -0.334. The topological polar surface area (TPSA) is 78.5 Å². The minimum absolute atomic E-state index is 0. The van der Waals surface area contributed by atoms with E-state index in [0.717, 1.165) is 6.54 Å². The van der Waals surface area contributed by atoms with Crippen LogP contribution in [0.1, 0.15) is 6.42 Å². The summed E-state index contributed by atoms with van der Waals surface area (Å²) >= 11 is 0. The molecule has 0 bridgehead atoms. The van der Waals surface area contributed by atoms with Gasteiger partial charge in [0.25, 0.3) is 0 Å². The summed E-state index contributed by atoms with van der Waals surface area (Å²) in [5, 5.41) is 3.05. The normalized spacial score (nSPS) is 23.6. The number of rotatable bonds is 3. The van der Waals surface area contributed by atoms with Crippen molar-refractivity contribution in [2.24, 2.45) is 0 Å². The van der Waals surface area contributed by atoms with Gasteiger partial charge in [0.1, 0.15) is 0 Å². The van der Waals surface area contributed by atoms with Crippen molar-refractivity contribution in [3.63, 3.8) is 0 Å². The molecule has 0 radical (unpaired) electrons. The van der Waals surface area contributed by atoms with E-state index >= 15 is 0 Å². The van der Waals surface area contributed by atoms with E-state index in [0.29, 0.717) is 19.6 Å². The molecule has 1 aliphatic heterocycles. The summed E-state index contributed by atoms with van der Waals surface area (Å²) < 4.78 is 35.9. The molecule has 0 aromatic carbocycles. The van der Waals surface area contributed by atoms with Gasteiger partial charge in [-0.2, -0.15) is 0 Å². The van der Waals surface area contributed by atoms with Crippen LogP contribution in [0, 0.1) is 0 Å². The summed E-state index contributed by atoms with van der Waals surface area (Å²) in [5.41, 5.74) is 0. The monoisotopic (exact) mass is 217 g/mol. The van der Waals surface area contributed by atoms with E-state index in [1.54, 1.807) is 0 Å². The van der Waals surface area contributed by atoms with Gasteiger partial charge in [-0.1, -0.05) is 0 Å². The van der Waals surface area contributed by atoms with Crippen molar-refractivity contribution in [3.05, 3.63) is 0 Å². The van der Waals surface area contributed by atoms with Crippen molar-refractivity contribution in [3.8, 4) is 0 Å². The van der Waals surface area contributed by atoms with E-state index in [4.69, 9.17) is 4.74 Å². The fraction of sp³-hybridized carbons (Fsp3) is 1.00. The molecule has 1 unspecified atom stereocenters. The maximum atomic E-state index is 10.2. The smallest absolute Gasteiger partial charge is 0.748 e. The van der Waals surface area contributed by atoms with Crippen LogP contribution in [-0.4, -0.2) is 44.5 Å². The van der Waals surface area contributed by atoms with Crippen LogP contribution in [-0.2, 0) is 14.9 Å². The van der Waals surface area contributed by atoms with Gasteiger partial charge in [-0.05, 0) is 6.42 Å². The van der Waals surface area contributed by atoms with Crippen molar-refractivity contribution in [1.29, 1.82) is 0 Å². The predicted octanol–water partition coefficient (Wildman–Crippen LogP) is -4.09. The van der Waals surface area contributed by atoms with Crippen molar-refractivity contribution in [1.82, 2.24) is 5.32 Å². The molecule has 1 fully saturated rings. The van der Waals surface area contributed by atoms with Gasteiger partial charge in [0, 0.05) is 18.8 Å². The minimum Gasteiger partial charge on any atom is -0.748 e. The van der Waals surface area contributed by atoms with Crippen molar-refractivity contribution < 1.29 is 47.3 Å². The molecule has 1 heterocycles. The molecule has 0 aliphatic carbocycles. The second kappa shape index (κ2) is 6.34. The third-order valence-electron chi connectivity index (χ3n) is 1.69. The molecule has 1 saturated heterocycles. The maximum absolute atomic E-state index is 10.2. The molecule has 7 heteroatoms. The molecular formula is C6H12NNaO4S. The molecular weight excluding hydrogens is 205 g/mol. The van der Waals surface area contributed by atoms with Crippen molar-refractivity contribution in [2.45, 2.75) is 12.5 Å². The molecule has 0 aromatic rings. The minimum atomic E-state index is -4.08. The van der Waals surface area contributed by atoms with Gasteiger partial charge in [-0.25, -0.2) is 8.42 Å². The Morgan fingerprint density at radius 2 is 2.23 bits per heavy atom. The van der Waals surface area contributed by atoms with Crippen LogP contribution in [0.2, 0.25) is 0 Å². The molecule has 1 rings (SSSR count). The molecule has 5 nitrogen and oxygen atoms in total. The summed E-state index contributed by atoms with van der Waals surface area (Å²) in [4.78, 5) is 0. The van der Waals surface area contributed by atoms with Crippen LogP contribution in [0.5, 0.6) is 0 Å². The molecule has 0 aromatic heterocycles. The van der Waals surface area contributed by atoms with E-state index in [2.05, 4.69) is 5.32 Å². The quantitative estimate of drug-likeness (QED) is 0.384. The SMILES string of the molecule is O=S(=O)([O-])CCC1CNCCO1.[Na+]. The van der Waals surface area contributed by atoms with E-state index in [1.165, 1.54) is 0 Å². The summed E-state index contributed by atoms with van der Waals surface area (Å²) in [6.45, 7) is 2.01. The van der Waals surface area contributed by atoms with Crippen LogP contribution in [0.4, 0.5) is 0 Å². The fourth-order valence-corrected chi connectivity index (χ4v) is 1.63.